The molecule has 0 N–H and O–H groups in total. The molecule has 35 heavy (non-hydrogen) atoms. The number of rotatable bonds is 5. The number of imide groups is 1. The predicted octanol–water partition coefficient (Wildman–Crippen LogP) is 4.71. The summed E-state index contributed by atoms with van der Waals surface area (Å²) < 4.78 is 5.33. The van der Waals surface area contributed by atoms with Gasteiger partial charge in [0.25, 0.3) is 0 Å². The Labute approximate surface area is 212 Å². The summed E-state index contributed by atoms with van der Waals surface area (Å²) in [4.78, 5) is 38.5. The zero-order valence-electron chi connectivity index (χ0n) is 18.6. The first-order chi connectivity index (χ1) is 16.9. The van der Waals surface area contributed by atoms with Crippen molar-refractivity contribution >= 4 is 41.0 Å². The topological polar surface area (TPSA) is 63.7 Å². The Bertz CT molecular complexity index is 1250. The molecule has 3 aromatic rings. The van der Waals surface area contributed by atoms with Gasteiger partial charge in [0, 0.05) is 6.54 Å². The maximum atomic E-state index is 13.7. The first-order valence-electron chi connectivity index (χ1n) is 11.5. The Morgan fingerprint density at radius 1 is 0.743 bits per heavy atom. The van der Waals surface area contributed by atoms with Crippen LogP contribution in [0.4, 0.5) is 0 Å². The van der Waals surface area contributed by atoms with Gasteiger partial charge in [0.15, 0.2) is 0 Å². The van der Waals surface area contributed by atoms with Crippen molar-refractivity contribution in [3.8, 4) is 0 Å². The van der Waals surface area contributed by atoms with Gasteiger partial charge in [0.2, 0.25) is 11.8 Å². The van der Waals surface area contributed by atoms with E-state index in [0.717, 1.165) is 32.7 Å². The molecule has 3 aliphatic carbocycles. The summed E-state index contributed by atoms with van der Waals surface area (Å²) in [5.41, 5.74) is 3.87. The van der Waals surface area contributed by atoms with E-state index in [2.05, 4.69) is 0 Å². The smallest absolute Gasteiger partial charge is 0.307 e. The van der Waals surface area contributed by atoms with Crippen molar-refractivity contribution in [3.05, 3.63) is 107 Å². The van der Waals surface area contributed by atoms with Gasteiger partial charge < -0.3 is 4.74 Å². The zero-order chi connectivity index (χ0) is 24.4. The molecular formula is C28H21Cl2NO4. The minimum Gasteiger partial charge on any atom is -0.461 e. The minimum atomic E-state index is -1.22. The third-order valence-electron chi connectivity index (χ3n) is 7.46. The van der Waals surface area contributed by atoms with Crippen LogP contribution in [0.15, 0.2) is 78.9 Å². The van der Waals surface area contributed by atoms with Crippen molar-refractivity contribution in [2.75, 3.05) is 6.54 Å². The molecular weight excluding hydrogens is 485 g/mol. The Balaban J connectivity index is 1.31. The van der Waals surface area contributed by atoms with E-state index in [-0.39, 0.29) is 19.6 Å². The molecule has 2 bridgehead atoms. The molecule has 0 spiro atoms. The van der Waals surface area contributed by atoms with Crippen LogP contribution in [0.5, 0.6) is 0 Å². The van der Waals surface area contributed by atoms with Crippen molar-refractivity contribution in [3.63, 3.8) is 0 Å². The first-order valence-corrected chi connectivity index (χ1v) is 12.3. The number of alkyl halides is 2. The molecule has 1 fully saturated rings. The van der Waals surface area contributed by atoms with E-state index in [1.165, 1.54) is 0 Å². The summed E-state index contributed by atoms with van der Waals surface area (Å²) in [5.74, 6) is -3.02. The van der Waals surface area contributed by atoms with E-state index in [1.807, 2.05) is 78.9 Å². The van der Waals surface area contributed by atoms with Gasteiger partial charge in [-0.2, -0.15) is 0 Å². The summed E-state index contributed by atoms with van der Waals surface area (Å²) in [5, 5.41) is 0. The highest BCUT2D eigenvalue weighted by Gasteiger charge is 2.72. The van der Waals surface area contributed by atoms with Gasteiger partial charge in [-0.15, -0.1) is 23.2 Å². The number of benzene rings is 3. The molecule has 1 aliphatic heterocycles. The van der Waals surface area contributed by atoms with E-state index >= 15 is 0 Å². The molecule has 1 saturated heterocycles. The van der Waals surface area contributed by atoms with Crippen molar-refractivity contribution in [1.82, 2.24) is 4.90 Å². The summed E-state index contributed by atoms with van der Waals surface area (Å²) in [6.45, 7) is 0.0535. The van der Waals surface area contributed by atoms with Crippen LogP contribution in [0, 0.1) is 11.8 Å². The molecule has 2 atom stereocenters. The van der Waals surface area contributed by atoms with Gasteiger partial charge in [-0.05, 0) is 27.8 Å². The number of hydrogen-bond donors (Lipinski definition) is 0. The Morgan fingerprint density at radius 2 is 1.17 bits per heavy atom. The SMILES string of the molecule is O=C(CCN1C(=O)[C@@H]2[C@H](C1=O)C1(Cl)c3ccccc3C2(Cl)c2ccccc21)OCc1ccccc1. The highest BCUT2D eigenvalue weighted by Crippen LogP contribution is 2.69. The van der Waals surface area contributed by atoms with Gasteiger partial charge >= 0.3 is 5.97 Å². The number of likely N-dealkylation sites (tertiary alicyclic amines) is 1. The van der Waals surface area contributed by atoms with E-state index in [1.54, 1.807) is 0 Å². The summed E-state index contributed by atoms with van der Waals surface area (Å²) in [6, 6.07) is 24.3. The second kappa shape index (κ2) is 7.94. The number of esters is 1. The lowest BCUT2D eigenvalue weighted by molar-refractivity contribution is -0.146. The highest BCUT2D eigenvalue weighted by molar-refractivity contribution is 6.36. The lowest BCUT2D eigenvalue weighted by atomic mass is 9.54. The van der Waals surface area contributed by atoms with Crippen LogP contribution in [0.25, 0.3) is 0 Å². The molecule has 176 valence electrons. The summed E-state index contributed by atoms with van der Waals surface area (Å²) >= 11 is 14.8. The van der Waals surface area contributed by atoms with Crippen molar-refractivity contribution in [2.24, 2.45) is 11.8 Å². The Hall–Kier alpha value is -3.15. The van der Waals surface area contributed by atoms with Gasteiger partial charge in [0.1, 0.15) is 16.4 Å². The molecule has 4 aliphatic rings. The largest absolute Gasteiger partial charge is 0.461 e. The van der Waals surface area contributed by atoms with Gasteiger partial charge in [-0.1, -0.05) is 78.9 Å². The van der Waals surface area contributed by atoms with E-state index in [4.69, 9.17) is 27.9 Å². The number of hydrogen-bond acceptors (Lipinski definition) is 4. The number of amides is 2. The highest BCUT2D eigenvalue weighted by atomic mass is 35.5. The van der Waals surface area contributed by atoms with Crippen LogP contribution < -0.4 is 0 Å². The maximum absolute atomic E-state index is 13.7. The Kier molecular flexibility index (Phi) is 5.06. The molecule has 0 saturated carbocycles. The van der Waals surface area contributed by atoms with Crippen LogP contribution in [0.1, 0.15) is 34.2 Å². The number of carbonyl (C=O) groups is 3. The van der Waals surface area contributed by atoms with Gasteiger partial charge in [-0.25, -0.2) is 0 Å². The zero-order valence-corrected chi connectivity index (χ0v) is 20.1. The molecule has 0 unspecified atom stereocenters. The van der Waals surface area contributed by atoms with Crippen LogP contribution in [0.2, 0.25) is 0 Å². The number of halogens is 2. The lowest BCUT2D eigenvalue weighted by Crippen LogP contribution is -2.57. The number of nitrogens with zero attached hydrogens (tertiary/aromatic N) is 1. The van der Waals surface area contributed by atoms with Crippen LogP contribution in [-0.2, 0) is 35.5 Å². The molecule has 0 aromatic heterocycles. The fraction of sp³-hybridized carbons (Fsp3) is 0.250. The monoisotopic (exact) mass is 505 g/mol. The fourth-order valence-electron chi connectivity index (χ4n) is 5.96. The number of ether oxygens (including phenoxy) is 1. The van der Waals surface area contributed by atoms with E-state index in [0.29, 0.717) is 0 Å². The van der Waals surface area contributed by atoms with Crippen molar-refractivity contribution < 1.29 is 19.1 Å². The number of carbonyl (C=O) groups excluding carboxylic acids is 3. The van der Waals surface area contributed by atoms with Crippen LogP contribution >= 0.6 is 23.2 Å². The van der Waals surface area contributed by atoms with Crippen LogP contribution in [0.3, 0.4) is 0 Å². The molecule has 3 aromatic carbocycles. The average molecular weight is 506 g/mol. The Morgan fingerprint density at radius 3 is 1.63 bits per heavy atom. The summed E-state index contributed by atoms with van der Waals surface area (Å²) in [7, 11) is 0. The minimum absolute atomic E-state index is 0.0785. The standard InChI is InChI=1S/C28H21Cl2NO4/c29-27-18-10-4-5-11-19(18)28(30,21-13-7-6-12-20(21)27)24-23(27)25(33)31(26(24)34)15-14-22(32)35-16-17-8-2-1-3-9-17/h1-13,23-24H,14-16H2/t23-,24+,27?,28?. The summed E-state index contributed by atoms with van der Waals surface area (Å²) in [6.07, 6.45) is -0.103. The third kappa shape index (κ3) is 2.98. The third-order valence-corrected chi connectivity index (χ3v) is 8.74. The molecule has 1 heterocycles. The van der Waals surface area contributed by atoms with Crippen LogP contribution in [-0.4, -0.2) is 29.2 Å². The fourth-order valence-corrected chi connectivity index (χ4v) is 7.06. The second-order valence-electron chi connectivity index (χ2n) is 9.19. The van der Waals surface area contributed by atoms with Crippen molar-refractivity contribution in [2.45, 2.75) is 22.8 Å². The van der Waals surface area contributed by atoms with Gasteiger partial charge in [0.05, 0.1) is 18.3 Å². The van der Waals surface area contributed by atoms with E-state index in [9.17, 15) is 14.4 Å². The first kappa shape index (κ1) is 22.3. The molecule has 7 heteroatoms. The molecule has 7 rings (SSSR count). The normalized spacial score (nSPS) is 27.9. The predicted molar refractivity (Wildman–Crippen MR) is 131 cm³/mol. The average Bonchev–Trinajstić information content (AvgIpc) is 3.15. The molecule has 5 nitrogen and oxygen atoms in total. The van der Waals surface area contributed by atoms with Crippen molar-refractivity contribution in [1.29, 1.82) is 0 Å². The van der Waals surface area contributed by atoms with Gasteiger partial charge in [-0.3, -0.25) is 19.3 Å². The molecule has 2 amide bonds. The molecule has 0 radical (unpaired) electrons. The lowest BCUT2D eigenvalue weighted by Gasteiger charge is -2.54. The quantitative estimate of drug-likeness (QED) is 0.286. The second-order valence-corrected chi connectivity index (χ2v) is 10.4. The maximum Gasteiger partial charge on any atom is 0.307 e. The van der Waals surface area contributed by atoms with E-state index < -0.39 is 39.4 Å².